The number of hydrogen-bond acceptors (Lipinski definition) is 6. The summed E-state index contributed by atoms with van der Waals surface area (Å²) >= 11 is 0. The summed E-state index contributed by atoms with van der Waals surface area (Å²) in [7, 11) is 1.57. The molecule has 5 N–H and O–H groups in total. The number of nitrogens with one attached hydrogen (secondary N) is 1. The molecule has 0 bridgehead atoms. The van der Waals surface area contributed by atoms with E-state index in [0.29, 0.717) is 24.4 Å². The number of anilines is 1. The predicted molar refractivity (Wildman–Crippen MR) is 106 cm³/mol. The summed E-state index contributed by atoms with van der Waals surface area (Å²) in [6, 6.07) is 14.2. The van der Waals surface area contributed by atoms with E-state index in [4.69, 9.17) is 16.0 Å². The highest BCUT2D eigenvalue weighted by Crippen LogP contribution is 2.21. The third-order valence-corrected chi connectivity index (χ3v) is 4.43. The molecule has 1 aromatic heterocycles. The summed E-state index contributed by atoms with van der Waals surface area (Å²) in [6.07, 6.45) is 0.423. The highest BCUT2D eigenvalue weighted by molar-refractivity contribution is 5.88. The van der Waals surface area contributed by atoms with Crippen LogP contribution < -0.4 is 16.8 Å². The molecule has 3 aromatic rings. The van der Waals surface area contributed by atoms with Gasteiger partial charge in [0.15, 0.2) is 11.4 Å². The third kappa shape index (κ3) is 4.66. The van der Waals surface area contributed by atoms with Crippen molar-refractivity contribution in [3.63, 3.8) is 0 Å². The number of aromatic nitrogens is 1. The highest BCUT2D eigenvalue weighted by Gasteiger charge is 2.20. The maximum absolute atomic E-state index is 12.4. The van der Waals surface area contributed by atoms with Crippen LogP contribution in [0.2, 0.25) is 0 Å². The van der Waals surface area contributed by atoms with Crippen molar-refractivity contribution < 1.29 is 14.1 Å². The zero-order valence-corrected chi connectivity index (χ0v) is 15.6. The normalized spacial score (nSPS) is 11.9. The van der Waals surface area contributed by atoms with Crippen molar-refractivity contribution >= 4 is 28.6 Å². The molecule has 146 valence electrons. The minimum Gasteiger partial charge on any atom is -0.380 e. The first-order valence-electron chi connectivity index (χ1n) is 8.89. The number of benzene rings is 2. The topological polar surface area (TPSA) is 127 Å². The lowest BCUT2D eigenvalue weighted by atomic mass is 10.1. The first-order valence-corrected chi connectivity index (χ1v) is 8.89. The van der Waals surface area contributed by atoms with Crippen molar-refractivity contribution in [3.05, 3.63) is 59.7 Å². The Hall–Kier alpha value is -3.39. The lowest BCUT2D eigenvalue weighted by Crippen LogP contribution is -2.46. The van der Waals surface area contributed by atoms with E-state index in [-0.39, 0.29) is 18.4 Å². The lowest BCUT2D eigenvalue weighted by Gasteiger charge is -2.21. The molecule has 2 amide bonds. The fourth-order valence-electron chi connectivity index (χ4n) is 2.90. The molecule has 0 radical (unpaired) electrons. The van der Waals surface area contributed by atoms with E-state index in [9.17, 15) is 9.59 Å². The molecular formula is C20H23N5O3. The van der Waals surface area contributed by atoms with Gasteiger partial charge >= 0.3 is 0 Å². The van der Waals surface area contributed by atoms with Gasteiger partial charge in [-0.05, 0) is 29.7 Å². The molecule has 8 heteroatoms. The van der Waals surface area contributed by atoms with Gasteiger partial charge < -0.3 is 26.2 Å². The number of likely N-dealkylation sites (N-methyl/N-ethyl adjacent to an activating group) is 1. The monoisotopic (exact) mass is 381 g/mol. The minimum atomic E-state index is -0.695. The van der Waals surface area contributed by atoms with E-state index in [1.54, 1.807) is 19.2 Å². The SMILES string of the molecule is CN(CC(=O)NCc1ccc2c(N)noc2c1)C(=O)[C@H](N)Cc1ccccc1. The Balaban J connectivity index is 1.49. The Morgan fingerprint density at radius 3 is 2.68 bits per heavy atom. The molecule has 8 nitrogen and oxygen atoms in total. The number of carbonyl (C=O) groups is 2. The summed E-state index contributed by atoms with van der Waals surface area (Å²) in [5.41, 5.74) is 14.1. The molecule has 0 aliphatic rings. The van der Waals surface area contributed by atoms with Crippen LogP contribution in [0.5, 0.6) is 0 Å². The second-order valence-corrected chi connectivity index (χ2v) is 6.67. The van der Waals surface area contributed by atoms with Crippen LogP contribution in [0.15, 0.2) is 53.1 Å². The minimum absolute atomic E-state index is 0.0706. The van der Waals surface area contributed by atoms with E-state index < -0.39 is 6.04 Å². The molecule has 2 aromatic carbocycles. The molecular weight excluding hydrogens is 358 g/mol. The molecule has 1 heterocycles. The van der Waals surface area contributed by atoms with Crippen LogP contribution in [-0.2, 0) is 22.6 Å². The Bertz CT molecular complexity index is 970. The van der Waals surface area contributed by atoms with Crippen LogP contribution >= 0.6 is 0 Å². The average Bonchev–Trinajstić information content (AvgIpc) is 3.06. The van der Waals surface area contributed by atoms with Gasteiger partial charge in [0.1, 0.15) is 0 Å². The Kier molecular flexibility index (Phi) is 5.90. The Morgan fingerprint density at radius 1 is 1.18 bits per heavy atom. The number of nitrogens with zero attached hydrogens (tertiary/aromatic N) is 2. The molecule has 0 fully saturated rings. The van der Waals surface area contributed by atoms with Gasteiger partial charge in [-0.3, -0.25) is 9.59 Å². The lowest BCUT2D eigenvalue weighted by molar-refractivity contribution is -0.135. The molecule has 0 spiro atoms. The van der Waals surface area contributed by atoms with Gasteiger partial charge in [-0.15, -0.1) is 0 Å². The van der Waals surface area contributed by atoms with Gasteiger partial charge in [0.25, 0.3) is 0 Å². The van der Waals surface area contributed by atoms with Gasteiger partial charge in [-0.25, -0.2) is 0 Å². The number of nitrogen functional groups attached to an aromatic ring is 1. The number of amides is 2. The number of fused-ring (bicyclic) bond motifs is 1. The highest BCUT2D eigenvalue weighted by atomic mass is 16.5. The van der Waals surface area contributed by atoms with E-state index in [1.807, 2.05) is 36.4 Å². The Labute approximate surface area is 162 Å². The molecule has 0 unspecified atom stereocenters. The number of nitrogens with two attached hydrogens (primary N) is 2. The summed E-state index contributed by atoms with van der Waals surface area (Å²) in [5.74, 6) is -0.227. The molecule has 0 saturated carbocycles. The first kappa shape index (κ1) is 19.4. The number of rotatable bonds is 7. The number of hydrogen-bond donors (Lipinski definition) is 3. The van der Waals surface area contributed by atoms with Crippen LogP contribution in [-0.4, -0.2) is 41.5 Å². The first-order chi connectivity index (χ1) is 13.4. The predicted octanol–water partition coefficient (Wildman–Crippen LogP) is 1.05. The van der Waals surface area contributed by atoms with Crippen molar-refractivity contribution in [1.29, 1.82) is 0 Å². The molecule has 0 aliphatic carbocycles. The van der Waals surface area contributed by atoms with Crippen molar-refractivity contribution in [2.24, 2.45) is 5.73 Å². The quantitative estimate of drug-likeness (QED) is 0.561. The molecule has 28 heavy (non-hydrogen) atoms. The fourth-order valence-corrected chi connectivity index (χ4v) is 2.90. The third-order valence-electron chi connectivity index (χ3n) is 4.43. The maximum Gasteiger partial charge on any atom is 0.240 e. The average molecular weight is 381 g/mol. The summed E-state index contributed by atoms with van der Waals surface area (Å²) in [5, 5.41) is 7.20. The summed E-state index contributed by atoms with van der Waals surface area (Å²) in [4.78, 5) is 25.9. The second kappa shape index (κ2) is 8.53. The second-order valence-electron chi connectivity index (χ2n) is 6.67. The van der Waals surface area contributed by atoms with Gasteiger partial charge in [0.2, 0.25) is 11.8 Å². The maximum atomic E-state index is 12.4. The molecule has 1 atom stereocenters. The summed E-state index contributed by atoms with van der Waals surface area (Å²) in [6.45, 7) is 0.228. The smallest absolute Gasteiger partial charge is 0.240 e. The van der Waals surface area contributed by atoms with Crippen molar-refractivity contribution in [3.8, 4) is 0 Å². The molecule has 0 aliphatic heterocycles. The standard InChI is InChI=1S/C20H23N5O3/c1-25(20(27)16(21)9-13-5-3-2-4-6-13)12-18(26)23-11-14-7-8-15-17(10-14)28-24-19(15)22/h2-8,10,16H,9,11-12,21H2,1H3,(H2,22,24)(H,23,26)/t16-/m1/s1. The number of carbonyl (C=O) groups excluding carboxylic acids is 2. The largest absolute Gasteiger partial charge is 0.380 e. The summed E-state index contributed by atoms with van der Waals surface area (Å²) < 4.78 is 5.11. The van der Waals surface area contributed by atoms with Crippen molar-refractivity contribution in [1.82, 2.24) is 15.4 Å². The van der Waals surface area contributed by atoms with Crippen molar-refractivity contribution in [2.45, 2.75) is 19.0 Å². The van der Waals surface area contributed by atoms with Crippen LogP contribution in [0, 0.1) is 0 Å². The van der Waals surface area contributed by atoms with Gasteiger partial charge in [-0.2, -0.15) is 0 Å². The van der Waals surface area contributed by atoms with Gasteiger partial charge in [0.05, 0.1) is 18.0 Å². The van der Waals surface area contributed by atoms with E-state index in [2.05, 4.69) is 10.5 Å². The van der Waals surface area contributed by atoms with E-state index in [1.165, 1.54) is 4.90 Å². The van der Waals surface area contributed by atoms with E-state index in [0.717, 1.165) is 16.5 Å². The fraction of sp³-hybridized carbons (Fsp3) is 0.250. The van der Waals surface area contributed by atoms with Gasteiger partial charge in [-0.1, -0.05) is 41.6 Å². The van der Waals surface area contributed by atoms with Crippen LogP contribution in [0.25, 0.3) is 11.0 Å². The van der Waals surface area contributed by atoms with Crippen LogP contribution in [0.1, 0.15) is 11.1 Å². The van der Waals surface area contributed by atoms with Crippen LogP contribution in [0.3, 0.4) is 0 Å². The van der Waals surface area contributed by atoms with Crippen molar-refractivity contribution in [2.75, 3.05) is 19.3 Å². The molecule has 0 saturated heterocycles. The zero-order valence-electron chi connectivity index (χ0n) is 15.6. The zero-order chi connectivity index (χ0) is 20.1. The molecule has 3 rings (SSSR count). The Morgan fingerprint density at radius 2 is 1.93 bits per heavy atom. The van der Waals surface area contributed by atoms with E-state index >= 15 is 0 Å². The van der Waals surface area contributed by atoms with Gasteiger partial charge in [0, 0.05) is 13.6 Å². The van der Waals surface area contributed by atoms with Crippen LogP contribution in [0.4, 0.5) is 5.82 Å².